The first-order valence-electron chi connectivity index (χ1n) is 4.88. The van der Waals surface area contributed by atoms with Crippen molar-refractivity contribution in [2.24, 2.45) is 0 Å². The third kappa shape index (κ3) is 9.02. The molecule has 0 aromatic heterocycles. The van der Waals surface area contributed by atoms with Crippen LogP contribution in [0.4, 0.5) is 0 Å². The predicted molar refractivity (Wildman–Crippen MR) is 57.6 cm³/mol. The molecule has 4 nitrogen and oxygen atoms in total. The molecule has 0 radical (unpaired) electrons. The zero-order chi connectivity index (χ0) is 11.5. The molecular formula is C11H18O4. The van der Waals surface area contributed by atoms with Crippen molar-refractivity contribution in [3.8, 4) is 0 Å². The molecule has 0 atom stereocenters. The summed E-state index contributed by atoms with van der Waals surface area (Å²) >= 11 is 0. The van der Waals surface area contributed by atoms with Crippen LogP contribution in [0.1, 0.15) is 19.8 Å². The van der Waals surface area contributed by atoms with Gasteiger partial charge >= 0.3 is 5.97 Å². The quantitative estimate of drug-likeness (QED) is 0.362. The van der Waals surface area contributed by atoms with E-state index in [0.717, 1.165) is 6.42 Å². The van der Waals surface area contributed by atoms with Crippen molar-refractivity contribution in [3.05, 3.63) is 24.5 Å². The van der Waals surface area contributed by atoms with Gasteiger partial charge in [0.2, 0.25) is 0 Å². The van der Waals surface area contributed by atoms with E-state index in [9.17, 15) is 4.79 Å². The zero-order valence-electron chi connectivity index (χ0n) is 9.07. The molecule has 0 bridgehead atoms. The van der Waals surface area contributed by atoms with Crippen LogP contribution in [0.2, 0.25) is 0 Å². The van der Waals surface area contributed by atoms with Crippen molar-refractivity contribution in [1.82, 2.24) is 0 Å². The predicted octanol–water partition coefficient (Wildman–Crippen LogP) is 1.97. The molecule has 0 rings (SSSR count). The number of carbonyl (C=O) groups is 1. The van der Waals surface area contributed by atoms with E-state index < -0.39 is 5.97 Å². The van der Waals surface area contributed by atoms with Gasteiger partial charge in [-0.3, -0.25) is 0 Å². The third-order valence-electron chi connectivity index (χ3n) is 1.72. The van der Waals surface area contributed by atoms with Crippen LogP contribution in [0.3, 0.4) is 0 Å². The molecule has 4 heteroatoms. The number of rotatable bonds is 9. The molecule has 0 saturated carbocycles. The maximum absolute atomic E-state index is 10.4. The lowest BCUT2D eigenvalue weighted by Gasteiger charge is -2.02. The van der Waals surface area contributed by atoms with E-state index in [4.69, 9.17) is 14.6 Å². The average Bonchev–Trinajstić information content (AvgIpc) is 2.21. The van der Waals surface area contributed by atoms with Gasteiger partial charge in [0.25, 0.3) is 0 Å². The van der Waals surface area contributed by atoms with Gasteiger partial charge in [0.1, 0.15) is 0 Å². The number of aliphatic carboxylic acids is 1. The monoisotopic (exact) mass is 214 g/mol. The highest BCUT2D eigenvalue weighted by molar-refractivity contribution is 5.85. The Morgan fingerprint density at radius 3 is 2.73 bits per heavy atom. The van der Waals surface area contributed by atoms with Crippen LogP contribution in [0.5, 0.6) is 0 Å². The van der Waals surface area contributed by atoms with Crippen molar-refractivity contribution in [1.29, 1.82) is 0 Å². The standard InChI is InChI=1S/C11H18O4/c1-3-14-8-5-9-15-7-4-6-10(2)11(12)13/h3,6H,1,4-5,7-9H2,2H3,(H,12,13). The summed E-state index contributed by atoms with van der Waals surface area (Å²) in [6.45, 7) is 6.75. The summed E-state index contributed by atoms with van der Waals surface area (Å²) in [5, 5.41) is 8.55. The lowest BCUT2D eigenvalue weighted by molar-refractivity contribution is -0.132. The Bertz CT molecular complexity index is 221. The summed E-state index contributed by atoms with van der Waals surface area (Å²) in [7, 11) is 0. The Kier molecular flexibility index (Phi) is 8.47. The normalized spacial score (nSPS) is 11.1. The maximum Gasteiger partial charge on any atom is 0.330 e. The number of hydrogen-bond acceptors (Lipinski definition) is 3. The lowest BCUT2D eigenvalue weighted by Crippen LogP contribution is -2.01. The Hall–Kier alpha value is -1.29. The summed E-state index contributed by atoms with van der Waals surface area (Å²) in [6, 6.07) is 0. The zero-order valence-corrected chi connectivity index (χ0v) is 9.07. The summed E-state index contributed by atoms with van der Waals surface area (Å²) in [5.41, 5.74) is 0.355. The van der Waals surface area contributed by atoms with Crippen molar-refractivity contribution in [3.63, 3.8) is 0 Å². The van der Waals surface area contributed by atoms with Crippen molar-refractivity contribution < 1.29 is 19.4 Å². The molecule has 0 fully saturated rings. The van der Waals surface area contributed by atoms with Gasteiger partial charge in [-0.2, -0.15) is 0 Å². The average molecular weight is 214 g/mol. The number of ether oxygens (including phenoxy) is 2. The summed E-state index contributed by atoms with van der Waals surface area (Å²) in [4.78, 5) is 10.4. The number of carboxylic acids is 1. The van der Waals surface area contributed by atoms with Gasteiger partial charge in [0.15, 0.2) is 0 Å². The molecule has 0 aromatic carbocycles. The van der Waals surface area contributed by atoms with E-state index >= 15 is 0 Å². The van der Waals surface area contributed by atoms with Gasteiger partial charge < -0.3 is 14.6 Å². The highest BCUT2D eigenvalue weighted by Gasteiger charge is 1.97. The van der Waals surface area contributed by atoms with Gasteiger partial charge in [-0.1, -0.05) is 12.7 Å². The van der Waals surface area contributed by atoms with Crippen molar-refractivity contribution in [2.45, 2.75) is 19.8 Å². The lowest BCUT2D eigenvalue weighted by atomic mass is 10.2. The molecule has 0 aliphatic rings. The first kappa shape index (κ1) is 13.7. The number of hydrogen-bond donors (Lipinski definition) is 1. The van der Waals surface area contributed by atoms with Crippen LogP contribution < -0.4 is 0 Å². The molecule has 0 spiro atoms. The number of carboxylic acid groups (broad SMARTS) is 1. The molecule has 1 N–H and O–H groups in total. The van der Waals surface area contributed by atoms with Gasteiger partial charge in [0, 0.05) is 18.6 Å². The van der Waals surface area contributed by atoms with Gasteiger partial charge in [0.05, 0.1) is 19.5 Å². The SMILES string of the molecule is C=COCCCOCCC=C(C)C(=O)O. The van der Waals surface area contributed by atoms with E-state index in [1.165, 1.54) is 6.26 Å². The van der Waals surface area contributed by atoms with Gasteiger partial charge in [-0.05, 0) is 13.3 Å². The van der Waals surface area contributed by atoms with Crippen LogP contribution in [-0.2, 0) is 14.3 Å². The molecule has 0 aromatic rings. The van der Waals surface area contributed by atoms with Crippen LogP contribution >= 0.6 is 0 Å². The Morgan fingerprint density at radius 1 is 1.40 bits per heavy atom. The Labute approximate surface area is 90.2 Å². The second-order valence-electron chi connectivity index (χ2n) is 2.98. The second-order valence-corrected chi connectivity index (χ2v) is 2.98. The molecule has 0 aliphatic heterocycles. The van der Waals surface area contributed by atoms with Crippen molar-refractivity contribution >= 4 is 5.97 Å². The molecule has 0 saturated heterocycles. The Morgan fingerprint density at radius 2 is 2.13 bits per heavy atom. The minimum absolute atomic E-state index is 0.355. The van der Waals surface area contributed by atoms with E-state index in [0.29, 0.717) is 31.8 Å². The third-order valence-corrected chi connectivity index (χ3v) is 1.72. The first-order valence-corrected chi connectivity index (χ1v) is 4.88. The van der Waals surface area contributed by atoms with Crippen LogP contribution in [0.25, 0.3) is 0 Å². The summed E-state index contributed by atoms with van der Waals surface area (Å²) < 4.78 is 10.2. The molecule has 0 heterocycles. The highest BCUT2D eigenvalue weighted by Crippen LogP contribution is 1.96. The van der Waals surface area contributed by atoms with E-state index in [1.807, 2.05) is 0 Å². The maximum atomic E-state index is 10.4. The minimum atomic E-state index is -0.880. The van der Waals surface area contributed by atoms with Crippen LogP contribution in [-0.4, -0.2) is 30.9 Å². The topological polar surface area (TPSA) is 55.8 Å². The summed E-state index contributed by atoms with van der Waals surface area (Å²) in [5.74, 6) is -0.880. The molecule has 0 unspecified atom stereocenters. The van der Waals surface area contributed by atoms with Gasteiger partial charge in [-0.25, -0.2) is 4.79 Å². The largest absolute Gasteiger partial charge is 0.502 e. The fourth-order valence-corrected chi connectivity index (χ4v) is 0.876. The molecule has 0 aliphatic carbocycles. The minimum Gasteiger partial charge on any atom is -0.502 e. The van der Waals surface area contributed by atoms with Crippen LogP contribution in [0, 0.1) is 0 Å². The highest BCUT2D eigenvalue weighted by atomic mass is 16.5. The molecule has 0 amide bonds. The second kappa shape index (κ2) is 9.27. The van der Waals surface area contributed by atoms with E-state index in [1.54, 1.807) is 13.0 Å². The molecule has 15 heavy (non-hydrogen) atoms. The fraction of sp³-hybridized carbons (Fsp3) is 0.545. The van der Waals surface area contributed by atoms with Gasteiger partial charge in [-0.15, -0.1) is 0 Å². The van der Waals surface area contributed by atoms with Crippen LogP contribution in [0.15, 0.2) is 24.5 Å². The molecule has 86 valence electrons. The fourth-order valence-electron chi connectivity index (χ4n) is 0.876. The summed E-state index contributed by atoms with van der Waals surface area (Å²) in [6.07, 6.45) is 4.50. The first-order chi connectivity index (χ1) is 7.18. The van der Waals surface area contributed by atoms with Crippen molar-refractivity contribution in [2.75, 3.05) is 19.8 Å². The van der Waals surface area contributed by atoms with E-state index in [-0.39, 0.29) is 0 Å². The molecular weight excluding hydrogens is 196 g/mol. The smallest absolute Gasteiger partial charge is 0.330 e. The van der Waals surface area contributed by atoms with E-state index in [2.05, 4.69) is 6.58 Å². The Balaban J connectivity index is 3.28.